The largest absolute Gasteiger partial charge is 0.394 e. The van der Waals surface area contributed by atoms with Gasteiger partial charge in [-0.3, -0.25) is 0 Å². The van der Waals surface area contributed by atoms with E-state index < -0.39 is 0 Å². The summed E-state index contributed by atoms with van der Waals surface area (Å²) in [4.78, 5) is 0. The predicted molar refractivity (Wildman–Crippen MR) is 68.0 cm³/mol. The predicted octanol–water partition coefficient (Wildman–Crippen LogP) is 2.34. The van der Waals surface area contributed by atoms with Crippen LogP contribution in [0.25, 0.3) is 0 Å². The van der Waals surface area contributed by atoms with Crippen LogP contribution in [0.15, 0.2) is 0 Å². The maximum absolute atomic E-state index is 7.94. The Bertz CT molecular complexity index is 145. The van der Waals surface area contributed by atoms with Gasteiger partial charge in [-0.15, -0.1) is 0 Å². The zero-order valence-electron chi connectivity index (χ0n) is 11.5. The van der Waals surface area contributed by atoms with Gasteiger partial charge in [-0.1, -0.05) is 20.3 Å². The summed E-state index contributed by atoms with van der Waals surface area (Å²) in [6, 6.07) is 0. The van der Waals surface area contributed by atoms with Crippen molar-refractivity contribution in [1.29, 1.82) is 0 Å². The Morgan fingerprint density at radius 3 is 1.94 bits per heavy atom. The number of rotatable bonds is 2. The van der Waals surface area contributed by atoms with Crippen molar-refractivity contribution >= 4 is 0 Å². The Morgan fingerprint density at radius 1 is 1.06 bits per heavy atom. The van der Waals surface area contributed by atoms with Crippen LogP contribution in [-0.4, -0.2) is 44.4 Å². The number of aliphatic hydroxyl groups excluding tert-OH is 1. The summed E-state index contributed by atoms with van der Waals surface area (Å²) < 4.78 is 15.6. The lowest BCUT2D eigenvalue weighted by Crippen LogP contribution is -2.32. The SMILES string of the molecule is C1CCC2(CC1)OCCO2.CC.COCCO. The fourth-order valence-electron chi connectivity index (χ4n) is 1.97. The van der Waals surface area contributed by atoms with E-state index in [0.29, 0.717) is 6.61 Å². The molecule has 104 valence electrons. The molecule has 0 unspecified atom stereocenters. The van der Waals surface area contributed by atoms with Gasteiger partial charge in [0.25, 0.3) is 0 Å². The van der Waals surface area contributed by atoms with E-state index in [9.17, 15) is 0 Å². The van der Waals surface area contributed by atoms with Gasteiger partial charge in [0, 0.05) is 20.0 Å². The third kappa shape index (κ3) is 6.99. The molecular formula is C13H28O4. The lowest BCUT2D eigenvalue weighted by atomic mass is 9.94. The summed E-state index contributed by atoms with van der Waals surface area (Å²) in [7, 11) is 1.55. The smallest absolute Gasteiger partial charge is 0.168 e. The van der Waals surface area contributed by atoms with E-state index in [0.717, 1.165) is 26.1 Å². The first-order valence-electron chi connectivity index (χ1n) is 6.71. The zero-order valence-corrected chi connectivity index (χ0v) is 11.5. The van der Waals surface area contributed by atoms with Gasteiger partial charge in [-0.05, 0) is 12.8 Å². The summed E-state index contributed by atoms with van der Waals surface area (Å²) in [5.74, 6) is -0.127. The fraction of sp³-hybridized carbons (Fsp3) is 1.00. The van der Waals surface area contributed by atoms with E-state index in [1.807, 2.05) is 13.8 Å². The molecule has 17 heavy (non-hydrogen) atoms. The van der Waals surface area contributed by atoms with Gasteiger partial charge in [0.05, 0.1) is 26.4 Å². The van der Waals surface area contributed by atoms with Crippen LogP contribution in [0, 0.1) is 0 Å². The van der Waals surface area contributed by atoms with Crippen molar-refractivity contribution in [2.75, 3.05) is 33.5 Å². The quantitative estimate of drug-likeness (QED) is 0.815. The lowest BCUT2D eigenvalue weighted by Gasteiger charge is -2.30. The summed E-state index contributed by atoms with van der Waals surface area (Å²) in [6.45, 7) is 6.18. The lowest BCUT2D eigenvalue weighted by molar-refractivity contribution is -0.176. The van der Waals surface area contributed by atoms with E-state index in [1.165, 1.54) is 19.3 Å². The highest BCUT2D eigenvalue weighted by atomic mass is 16.7. The number of hydrogen-bond donors (Lipinski definition) is 1. The molecule has 1 spiro atoms. The molecule has 1 saturated heterocycles. The van der Waals surface area contributed by atoms with Crippen molar-refractivity contribution in [3.8, 4) is 0 Å². The number of methoxy groups -OCH3 is 1. The summed E-state index contributed by atoms with van der Waals surface area (Å²) >= 11 is 0. The molecule has 0 aromatic rings. The van der Waals surface area contributed by atoms with Crippen LogP contribution < -0.4 is 0 Å². The second-order valence-corrected chi connectivity index (χ2v) is 3.88. The third-order valence-electron chi connectivity index (χ3n) is 2.72. The molecule has 0 aromatic heterocycles. The minimum Gasteiger partial charge on any atom is -0.394 e. The molecule has 0 aromatic carbocycles. The Hall–Kier alpha value is -0.160. The molecule has 2 fully saturated rings. The molecule has 4 heteroatoms. The molecule has 2 aliphatic rings. The topological polar surface area (TPSA) is 47.9 Å². The summed E-state index contributed by atoms with van der Waals surface area (Å²) in [5.41, 5.74) is 0. The van der Waals surface area contributed by atoms with Gasteiger partial charge < -0.3 is 19.3 Å². The van der Waals surface area contributed by atoms with Gasteiger partial charge in [-0.25, -0.2) is 0 Å². The Balaban J connectivity index is 0.000000315. The molecule has 1 aliphatic heterocycles. The standard InChI is InChI=1S/C8H14O2.C3H8O2.C2H6/c1-2-4-8(5-3-1)9-6-7-10-8;1-5-3-2-4;1-2/h1-7H2;4H,2-3H2,1H3;1-2H3. The molecule has 2 rings (SSSR count). The monoisotopic (exact) mass is 248 g/mol. The number of aliphatic hydroxyl groups is 1. The first-order valence-corrected chi connectivity index (χ1v) is 6.71. The zero-order chi connectivity index (χ0) is 13.0. The Morgan fingerprint density at radius 2 is 1.59 bits per heavy atom. The molecule has 0 bridgehead atoms. The second kappa shape index (κ2) is 11.0. The summed E-state index contributed by atoms with van der Waals surface area (Å²) in [5, 5.41) is 7.94. The third-order valence-corrected chi connectivity index (χ3v) is 2.72. The van der Waals surface area contributed by atoms with Crippen LogP contribution >= 0.6 is 0 Å². The van der Waals surface area contributed by atoms with Gasteiger partial charge >= 0.3 is 0 Å². The molecule has 1 heterocycles. The van der Waals surface area contributed by atoms with E-state index in [2.05, 4.69) is 4.74 Å². The van der Waals surface area contributed by atoms with Gasteiger partial charge in [0.2, 0.25) is 0 Å². The first kappa shape index (κ1) is 16.8. The van der Waals surface area contributed by atoms with Crippen molar-refractivity contribution in [2.45, 2.75) is 51.7 Å². The van der Waals surface area contributed by atoms with Crippen LogP contribution in [-0.2, 0) is 14.2 Å². The molecule has 1 aliphatic carbocycles. The van der Waals surface area contributed by atoms with E-state index in [4.69, 9.17) is 14.6 Å². The van der Waals surface area contributed by atoms with Crippen molar-refractivity contribution < 1.29 is 19.3 Å². The minimum atomic E-state index is -0.127. The van der Waals surface area contributed by atoms with E-state index in [1.54, 1.807) is 7.11 Å². The van der Waals surface area contributed by atoms with E-state index >= 15 is 0 Å². The number of ether oxygens (including phenoxy) is 3. The highest BCUT2D eigenvalue weighted by molar-refractivity contribution is 4.77. The molecule has 0 amide bonds. The minimum absolute atomic E-state index is 0.122. The van der Waals surface area contributed by atoms with Gasteiger partial charge in [0.1, 0.15) is 0 Å². The van der Waals surface area contributed by atoms with Gasteiger partial charge in [-0.2, -0.15) is 0 Å². The van der Waals surface area contributed by atoms with Crippen LogP contribution in [0.2, 0.25) is 0 Å². The highest BCUT2D eigenvalue weighted by Gasteiger charge is 2.37. The average molecular weight is 248 g/mol. The highest BCUT2D eigenvalue weighted by Crippen LogP contribution is 2.35. The maximum atomic E-state index is 7.94. The Kier molecular flexibility index (Phi) is 10.9. The van der Waals surface area contributed by atoms with Crippen molar-refractivity contribution in [2.24, 2.45) is 0 Å². The van der Waals surface area contributed by atoms with E-state index in [-0.39, 0.29) is 12.4 Å². The molecule has 1 saturated carbocycles. The second-order valence-electron chi connectivity index (χ2n) is 3.88. The van der Waals surface area contributed by atoms with Crippen LogP contribution in [0.1, 0.15) is 46.0 Å². The fourth-order valence-corrected chi connectivity index (χ4v) is 1.97. The molecule has 1 N–H and O–H groups in total. The normalized spacial score (nSPS) is 21.2. The van der Waals surface area contributed by atoms with Crippen molar-refractivity contribution in [3.05, 3.63) is 0 Å². The van der Waals surface area contributed by atoms with Crippen LogP contribution in [0.4, 0.5) is 0 Å². The summed E-state index contributed by atoms with van der Waals surface area (Å²) in [6.07, 6.45) is 6.15. The molecular weight excluding hydrogens is 220 g/mol. The first-order chi connectivity index (χ1) is 8.33. The van der Waals surface area contributed by atoms with Gasteiger partial charge in [0.15, 0.2) is 5.79 Å². The molecule has 0 radical (unpaired) electrons. The average Bonchev–Trinajstić information content (AvgIpc) is 2.83. The number of hydrogen-bond acceptors (Lipinski definition) is 4. The molecule has 4 nitrogen and oxygen atoms in total. The Labute approximate surface area is 105 Å². The van der Waals surface area contributed by atoms with Crippen molar-refractivity contribution in [3.63, 3.8) is 0 Å². The maximum Gasteiger partial charge on any atom is 0.168 e. The van der Waals surface area contributed by atoms with Crippen molar-refractivity contribution in [1.82, 2.24) is 0 Å². The molecule has 0 atom stereocenters. The van der Waals surface area contributed by atoms with Crippen LogP contribution in [0.3, 0.4) is 0 Å². The van der Waals surface area contributed by atoms with Crippen LogP contribution in [0.5, 0.6) is 0 Å².